The van der Waals surface area contributed by atoms with Gasteiger partial charge in [-0.25, -0.2) is 9.97 Å². The van der Waals surface area contributed by atoms with Crippen LogP contribution in [0.3, 0.4) is 0 Å². The van der Waals surface area contributed by atoms with Crippen molar-refractivity contribution in [2.45, 2.75) is 34.6 Å². The molecule has 0 spiro atoms. The molecule has 0 N–H and O–H groups in total. The van der Waals surface area contributed by atoms with Crippen molar-refractivity contribution < 1.29 is 4.42 Å². The molecule has 10 rings (SSSR count). The summed E-state index contributed by atoms with van der Waals surface area (Å²) in [5.41, 5.74) is 16.2. The van der Waals surface area contributed by atoms with Crippen molar-refractivity contribution in [3.63, 3.8) is 0 Å². The van der Waals surface area contributed by atoms with Gasteiger partial charge in [-0.3, -0.25) is 0 Å². The lowest BCUT2D eigenvalue weighted by Crippen LogP contribution is -1.93. The second-order valence-electron chi connectivity index (χ2n) is 14.4. The molecule has 0 aliphatic rings. The number of fused-ring (bicyclic) bond motifs is 4. The summed E-state index contributed by atoms with van der Waals surface area (Å²) in [4.78, 5) is 10.2. The van der Waals surface area contributed by atoms with Gasteiger partial charge < -0.3 is 4.42 Å². The van der Waals surface area contributed by atoms with E-state index >= 15 is 0 Å². The largest absolute Gasteiger partial charge is 0.451 e. The summed E-state index contributed by atoms with van der Waals surface area (Å²) in [6.45, 7) is 10.4. The monoisotopic (exact) mass is 750 g/mol. The lowest BCUT2D eigenvalue weighted by Gasteiger charge is -2.08. The summed E-state index contributed by atoms with van der Waals surface area (Å²) in [7, 11) is 0. The molecular formula is C55H46N2O. The van der Waals surface area contributed by atoms with E-state index in [-0.39, 0.29) is 0 Å². The summed E-state index contributed by atoms with van der Waals surface area (Å²) in [5, 5.41) is 3.42. The Bertz CT molecular complexity index is 2940. The zero-order valence-corrected chi connectivity index (χ0v) is 33.7. The van der Waals surface area contributed by atoms with Crippen LogP contribution in [0.25, 0.3) is 88.9 Å². The Hall–Kier alpha value is -7.10. The van der Waals surface area contributed by atoms with Gasteiger partial charge in [0.15, 0.2) is 11.4 Å². The molecule has 10 aromatic rings. The van der Waals surface area contributed by atoms with Crippen LogP contribution in [0.1, 0.15) is 30.5 Å². The average Bonchev–Trinajstić information content (AvgIpc) is 3.67. The van der Waals surface area contributed by atoms with Crippen LogP contribution >= 0.6 is 0 Å². The molecule has 0 saturated heterocycles. The lowest BCUT2D eigenvalue weighted by atomic mass is 9.97. The highest BCUT2D eigenvalue weighted by atomic mass is 16.3. The van der Waals surface area contributed by atoms with E-state index in [2.05, 4.69) is 172 Å². The van der Waals surface area contributed by atoms with Crippen LogP contribution in [0, 0.1) is 20.8 Å². The summed E-state index contributed by atoms with van der Waals surface area (Å²) in [5.74, 6) is 0.680. The van der Waals surface area contributed by atoms with Crippen molar-refractivity contribution in [3.8, 4) is 56.0 Å². The maximum atomic E-state index is 6.74. The predicted octanol–water partition coefficient (Wildman–Crippen LogP) is 15.5. The first-order valence-electron chi connectivity index (χ1n) is 20.1. The number of para-hydroxylation sites is 1. The Balaban J connectivity index is 0.000000247. The van der Waals surface area contributed by atoms with Gasteiger partial charge in [0, 0.05) is 22.1 Å². The molecule has 0 saturated carbocycles. The number of aromatic nitrogens is 2. The van der Waals surface area contributed by atoms with Crippen LogP contribution in [0.15, 0.2) is 192 Å². The lowest BCUT2D eigenvalue weighted by molar-refractivity contribution is 0.668. The minimum absolute atomic E-state index is 0.680. The number of hydrogen-bond donors (Lipinski definition) is 0. The van der Waals surface area contributed by atoms with Crippen LogP contribution < -0.4 is 0 Å². The fourth-order valence-corrected chi connectivity index (χ4v) is 7.54. The molecule has 0 amide bonds. The minimum Gasteiger partial charge on any atom is -0.451 e. The van der Waals surface area contributed by atoms with E-state index in [4.69, 9.17) is 14.4 Å². The Labute approximate surface area is 341 Å². The smallest absolute Gasteiger partial charge is 0.180 e. The normalized spacial score (nSPS) is 10.8. The Kier molecular flexibility index (Phi) is 11.0. The van der Waals surface area contributed by atoms with Gasteiger partial charge in [0.05, 0.1) is 0 Å². The highest BCUT2D eigenvalue weighted by Crippen LogP contribution is 2.40. The molecule has 2 heterocycles. The van der Waals surface area contributed by atoms with Gasteiger partial charge in [-0.2, -0.15) is 0 Å². The second kappa shape index (κ2) is 17.0. The molecule has 0 fully saturated rings. The van der Waals surface area contributed by atoms with Gasteiger partial charge in [0.25, 0.3) is 0 Å². The predicted molar refractivity (Wildman–Crippen MR) is 246 cm³/mol. The van der Waals surface area contributed by atoms with E-state index in [0.717, 1.165) is 50.0 Å². The highest BCUT2D eigenvalue weighted by molar-refractivity contribution is 6.11. The first kappa shape index (κ1) is 37.8. The van der Waals surface area contributed by atoms with Gasteiger partial charge >= 0.3 is 0 Å². The van der Waals surface area contributed by atoms with Crippen molar-refractivity contribution in [2.24, 2.45) is 0 Å². The van der Waals surface area contributed by atoms with E-state index in [9.17, 15) is 0 Å². The summed E-state index contributed by atoms with van der Waals surface area (Å²) in [6.07, 6.45) is 0. The molecule has 58 heavy (non-hydrogen) atoms. The van der Waals surface area contributed by atoms with Gasteiger partial charge in [-0.15, -0.1) is 0 Å². The molecular weight excluding hydrogens is 705 g/mol. The van der Waals surface area contributed by atoms with Gasteiger partial charge in [-0.1, -0.05) is 195 Å². The van der Waals surface area contributed by atoms with Crippen molar-refractivity contribution in [1.29, 1.82) is 0 Å². The number of benzene rings is 8. The van der Waals surface area contributed by atoms with E-state index < -0.39 is 0 Å². The molecule has 8 aromatic carbocycles. The van der Waals surface area contributed by atoms with E-state index in [1.54, 1.807) is 0 Å². The summed E-state index contributed by atoms with van der Waals surface area (Å²) < 4.78 is 6.74. The number of furan rings is 1. The number of aryl methyl sites for hydroxylation is 3. The third-order valence-electron chi connectivity index (χ3n) is 10.5. The number of rotatable bonds is 5. The van der Waals surface area contributed by atoms with Crippen LogP contribution in [-0.4, -0.2) is 9.97 Å². The first-order valence-corrected chi connectivity index (χ1v) is 20.1. The molecule has 3 nitrogen and oxygen atoms in total. The second-order valence-corrected chi connectivity index (χ2v) is 14.4. The fraction of sp³-hybridized carbons (Fsp3) is 0.0909. The molecule has 0 aliphatic heterocycles. The molecule has 0 aliphatic carbocycles. The standard InChI is InChI=1S/C39H26N2O.C14H14.C2H6/c1-25-15-16-31-24-32(22-21-30(31)23-25)33-13-8-14-34-36-38(42-37(33)34)35(40-39(41-36)29-11-6-3-7-12-29)28-19-17-27(18-20-28)26-9-4-2-5-10-26;1-11-7-3-5-9-13(11)14-10-6-4-8-12(14)2;1-2/h2-24H,1H3;3-10H,1-2H3;1-2H3. The molecule has 2 aromatic heterocycles. The Morgan fingerprint density at radius 1 is 0.379 bits per heavy atom. The first-order chi connectivity index (χ1) is 28.5. The molecule has 0 atom stereocenters. The van der Waals surface area contributed by atoms with Crippen molar-refractivity contribution in [2.75, 3.05) is 0 Å². The summed E-state index contributed by atoms with van der Waals surface area (Å²) >= 11 is 0. The van der Waals surface area contributed by atoms with E-state index in [0.29, 0.717) is 11.4 Å². The SMILES string of the molecule is CC.Cc1ccc2cc(-c3cccc4c3oc3c(-c5ccc(-c6ccccc6)cc5)nc(-c5ccccc5)nc34)ccc2c1.Cc1ccccc1-c1ccccc1C. The van der Waals surface area contributed by atoms with Gasteiger partial charge in [-0.05, 0) is 82.6 Å². The molecule has 282 valence electrons. The average molecular weight is 751 g/mol. The zero-order valence-electron chi connectivity index (χ0n) is 33.7. The quantitative estimate of drug-likeness (QED) is 0.176. The molecule has 0 bridgehead atoms. The van der Waals surface area contributed by atoms with Crippen molar-refractivity contribution >= 4 is 32.8 Å². The van der Waals surface area contributed by atoms with Crippen LogP contribution in [0.5, 0.6) is 0 Å². The minimum atomic E-state index is 0.680. The topological polar surface area (TPSA) is 38.9 Å². The Morgan fingerprint density at radius 2 is 0.897 bits per heavy atom. The fourth-order valence-electron chi connectivity index (χ4n) is 7.54. The highest BCUT2D eigenvalue weighted by Gasteiger charge is 2.20. The third kappa shape index (κ3) is 7.68. The number of hydrogen-bond acceptors (Lipinski definition) is 3. The van der Waals surface area contributed by atoms with E-state index in [1.807, 2.05) is 50.2 Å². The van der Waals surface area contributed by atoms with Gasteiger partial charge in [0.1, 0.15) is 16.8 Å². The van der Waals surface area contributed by atoms with Crippen LogP contribution in [-0.2, 0) is 0 Å². The maximum absolute atomic E-state index is 6.74. The zero-order chi connectivity index (χ0) is 40.0. The summed E-state index contributed by atoms with van der Waals surface area (Å²) in [6, 6.07) is 65.6. The molecule has 0 radical (unpaired) electrons. The van der Waals surface area contributed by atoms with Crippen LogP contribution in [0.2, 0.25) is 0 Å². The van der Waals surface area contributed by atoms with Crippen molar-refractivity contribution in [3.05, 3.63) is 205 Å². The number of nitrogens with zero attached hydrogens (tertiary/aromatic N) is 2. The maximum Gasteiger partial charge on any atom is 0.180 e. The van der Waals surface area contributed by atoms with Crippen molar-refractivity contribution in [1.82, 2.24) is 9.97 Å². The van der Waals surface area contributed by atoms with E-state index in [1.165, 1.54) is 44.2 Å². The third-order valence-corrected chi connectivity index (χ3v) is 10.5. The Morgan fingerprint density at radius 3 is 1.55 bits per heavy atom. The van der Waals surface area contributed by atoms with Gasteiger partial charge in [0.2, 0.25) is 0 Å². The van der Waals surface area contributed by atoms with Crippen LogP contribution in [0.4, 0.5) is 0 Å². The molecule has 0 unspecified atom stereocenters. The molecule has 3 heteroatoms.